The van der Waals surface area contributed by atoms with E-state index in [1.165, 1.54) is 4.90 Å². The van der Waals surface area contributed by atoms with Gasteiger partial charge in [0.05, 0.1) is 6.54 Å². The molecule has 2 atom stereocenters. The molecule has 10 heteroatoms. The SMILES string of the molecule is CCN=C(NC1CCN(CC(F)(F)F)C1)N1CCCC(CC(N)=O)C1.I. The maximum absolute atomic E-state index is 12.5. The molecule has 0 bridgehead atoms. The van der Waals surface area contributed by atoms with Crippen LogP contribution in [0.3, 0.4) is 0 Å². The first kappa shape index (κ1) is 23.3. The molecule has 2 aliphatic heterocycles. The summed E-state index contributed by atoms with van der Waals surface area (Å²) in [6, 6.07) is -0.0378. The quantitative estimate of drug-likeness (QED) is 0.350. The lowest BCUT2D eigenvalue weighted by molar-refractivity contribution is -0.143. The van der Waals surface area contributed by atoms with Crippen LogP contribution in [0.2, 0.25) is 0 Å². The standard InChI is InChI=1S/C16H28F3N5O.HI/c1-2-21-15(24-6-3-4-12(9-24)8-14(20)25)22-13-5-7-23(10-13)11-16(17,18)19;/h12-13H,2-11H2,1H3,(H2,20,25)(H,21,22);1H. The average molecular weight is 491 g/mol. The summed E-state index contributed by atoms with van der Waals surface area (Å²) in [5, 5.41) is 3.33. The zero-order valence-corrected chi connectivity index (χ0v) is 17.4. The second-order valence-corrected chi connectivity index (χ2v) is 6.90. The number of carbonyl (C=O) groups excluding carboxylic acids is 1. The minimum absolute atomic E-state index is 0. The van der Waals surface area contributed by atoms with Crippen molar-refractivity contribution in [2.75, 3.05) is 39.3 Å². The number of carbonyl (C=O) groups is 1. The number of primary amides is 1. The van der Waals surface area contributed by atoms with Crippen molar-refractivity contribution >= 4 is 35.8 Å². The molecule has 0 aromatic heterocycles. The number of alkyl halides is 3. The van der Waals surface area contributed by atoms with Crippen molar-refractivity contribution in [1.82, 2.24) is 15.1 Å². The number of hydrogen-bond donors (Lipinski definition) is 2. The second-order valence-electron chi connectivity index (χ2n) is 6.90. The highest BCUT2D eigenvalue weighted by atomic mass is 127. The number of guanidine groups is 1. The lowest BCUT2D eigenvalue weighted by Crippen LogP contribution is -2.51. The van der Waals surface area contributed by atoms with Crippen LogP contribution >= 0.6 is 24.0 Å². The Morgan fingerprint density at radius 3 is 2.62 bits per heavy atom. The van der Waals surface area contributed by atoms with Gasteiger partial charge < -0.3 is 16.0 Å². The summed E-state index contributed by atoms with van der Waals surface area (Å²) >= 11 is 0. The van der Waals surface area contributed by atoms with Crippen molar-refractivity contribution in [2.45, 2.75) is 44.8 Å². The molecule has 0 aromatic rings. The molecule has 1 amide bonds. The van der Waals surface area contributed by atoms with E-state index in [0.29, 0.717) is 39.0 Å². The van der Waals surface area contributed by atoms with E-state index in [-0.39, 0.29) is 41.8 Å². The van der Waals surface area contributed by atoms with E-state index in [2.05, 4.69) is 15.2 Å². The van der Waals surface area contributed by atoms with Crippen LogP contribution < -0.4 is 11.1 Å². The molecule has 2 saturated heterocycles. The Morgan fingerprint density at radius 1 is 1.27 bits per heavy atom. The molecule has 0 aromatic carbocycles. The fourth-order valence-corrected chi connectivity index (χ4v) is 3.63. The van der Waals surface area contributed by atoms with Crippen LogP contribution in [0.25, 0.3) is 0 Å². The third-order valence-corrected chi connectivity index (χ3v) is 4.62. The average Bonchev–Trinajstić information content (AvgIpc) is 2.91. The zero-order chi connectivity index (χ0) is 18.4. The van der Waals surface area contributed by atoms with Gasteiger partial charge in [-0.1, -0.05) is 0 Å². The van der Waals surface area contributed by atoms with Gasteiger partial charge in [-0.25, -0.2) is 0 Å². The monoisotopic (exact) mass is 491 g/mol. The predicted octanol–water partition coefficient (Wildman–Crippen LogP) is 1.79. The molecule has 26 heavy (non-hydrogen) atoms. The van der Waals surface area contributed by atoms with Crippen molar-refractivity contribution in [3.05, 3.63) is 0 Å². The first-order valence-corrected chi connectivity index (χ1v) is 8.90. The number of piperidine rings is 1. The summed E-state index contributed by atoms with van der Waals surface area (Å²) in [6.45, 7) is 3.99. The highest BCUT2D eigenvalue weighted by Crippen LogP contribution is 2.22. The topological polar surface area (TPSA) is 74.0 Å². The summed E-state index contributed by atoms with van der Waals surface area (Å²) in [5.74, 6) is 0.642. The van der Waals surface area contributed by atoms with Crippen LogP contribution in [0, 0.1) is 5.92 Å². The molecule has 0 radical (unpaired) electrons. The van der Waals surface area contributed by atoms with Gasteiger partial charge in [0.1, 0.15) is 0 Å². The molecule has 2 aliphatic rings. The molecule has 0 aliphatic carbocycles. The molecule has 2 rings (SSSR count). The fraction of sp³-hybridized carbons (Fsp3) is 0.875. The Morgan fingerprint density at radius 2 is 2.00 bits per heavy atom. The van der Waals surface area contributed by atoms with Gasteiger partial charge in [0.2, 0.25) is 5.91 Å². The highest BCUT2D eigenvalue weighted by Gasteiger charge is 2.35. The number of nitrogens with zero attached hydrogens (tertiary/aromatic N) is 3. The normalized spacial score (nSPS) is 25.1. The Bertz CT molecular complexity index is 489. The number of nitrogens with one attached hydrogen (secondary N) is 1. The van der Waals surface area contributed by atoms with Gasteiger partial charge in [0, 0.05) is 45.2 Å². The number of aliphatic imine (C=N–C) groups is 1. The molecular weight excluding hydrogens is 462 g/mol. The first-order chi connectivity index (χ1) is 11.8. The van der Waals surface area contributed by atoms with Crippen LogP contribution in [0.4, 0.5) is 13.2 Å². The molecule has 6 nitrogen and oxygen atoms in total. The van der Waals surface area contributed by atoms with Gasteiger partial charge in [-0.3, -0.25) is 14.7 Å². The Kier molecular flexibility index (Phi) is 9.42. The molecular formula is C16H29F3IN5O. The lowest BCUT2D eigenvalue weighted by Gasteiger charge is -2.35. The zero-order valence-electron chi connectivity index (χ0n) is 15.1. The molecule has 3 N–H and O–H groups in total. The van der Waals surface area contributed by atoms with E-state index >= 15 is 0 Å². The third-order valence-electron chi connectivity index (χ3n) is 4.62. The molecule has 2 unspecified atom stereocenters. The maximum Gasteiger partial charge on any atom is 0.401 e. The van der Waals surface area contributed by atoms with Crippen molar-refractivity contribution in [3.63, 3.8) is 0 Å². The predicted molar refractivity (Wildman–Crippen MR) is 106 cm³/mol. The summed E-state index contributed by atoms with van der Waals surface area (Å²) in [7, 11) is 0. The Hall–Kier alpha value is -0.780. The Labute approximate surface area is 169 Å². The van der Waals surface area contributed by atoms with Crippen molar-refractivity contribution in [3.8, 4) is 0 Å². The van der Waals surface area contributed by atoms with E-state index in [1.54, 1.807) is 0 Å². The van der Waals surface area contributed by atoms with Crippen LogP contribution in [0.1, 0.15) is 32.6 Å². The van der Waals surface area contributed by atoms with E-state index in [4.69, 9.17) is 5.73 Å². The number of amides is 1. The van der Waals surface area contributed by atoms with Gasteiger partial charge >= 0.3 is 6.18 Å². The highest BCUT2D eigenvalue weighted by molar-refractivity contribution is 14.0. The number of likely N-dealkylation sites (tertiary alicyclic amines) is 2. The van der Waals surface area contributed by atoms with E-state index < -0.39 is 12.7 Å². The molecule has 2 heterocycles. The molecule has 2 fully saturated rings. The van der Waals surface area contributed by atoms with Crippen molar-refractivity contribution in [2.24, 2.45) is 16.6 Å². The van der Waals surface area contributed by atoms with Gasteiger partial charge in [-0.15, -0.1) is 24.0 Å². The third kappa shape index (κ3) is 7.85. The van der Waals surface area contributed by atoms with Gasteiger partial charge in [0.15, 0.2) is 5.96 Å². The molecule has 152 valence electrons. The summed E-state index contributed by atoms with van der Waals surface area (Å²) in [5.41, 5.74) is 5.30. The van der Waals surface area contributed by atoms with Gasteiger partial charge in [-0.2, -0.15) is 13.2 Å². The van der Waals surface area contributed by atoms with Crippen molar-refractivity contribution < 1.29 is 18.0 Å². The van der Waals surface area contributed by atoms with Crippen molar-refractivity contribution in [1.29, 1.82) is 0 Å². The first-order valence-electron chi connectivity index (χ1n) is 8.90. The smallest absolute Gasteiger partial charge is 0.370 e. The van der Waals surface area contributed by atoms with Crippen LogP contribution in [-0.4, -0.2) is 73.2 Å². The van der Waals surface area contributed by atoms with Crippen LogP contribution in [-0.2, 0) is 4.79 Å². The summed E-state index contributed by atoms with van der Waals surface area (Å²) in [4.78, 5) is 19.2. The Balaban J connectivity index is 0.00000338. The summed E-state index contributed by atoms with van der Waals surface area (Å²) < 4.78 is 37.6. The minimum Gasteiger partial charge on any atom is -0.370 e. The van der Waals surface area contributed by atoms with Crippen LogP contribution in [0.5, 0.6) is 0 Å². The largest absolute Gasteiger partial charge is 0.401 e. The number of halogens is 4. The number of hydrogen-bond acceptors (Lipinski definition) is 3. The van der Waals surface area contributed by atoms with E-state index in [0.717, 1.165) is 25.3 Å². The molecule has 0 spiro atoms. The lowest BCUT2D eigenvalue weighted by atomic mass is 9.95. The second kappa shape index (κ2) is 10.5. The fourth-order valence-electron chi connectivity index (χ4n) is 3.63. The number of rotatable bonds is 5. The van der Waals surface area contributed by atoms with Gasteiger partial charge in [-0.05, 0) is 32.1 Å². The van der Waals surface area contributed by atoms with E-state index in [9.17, 15) is 18.0 Å². The van der Waals surface area contributed by atoms with Crippen LogP contribution in [0.15, 0.2) is 4.99 Å². The number of nitrogens with two attached hydrogens (primary N) is 1. The summed E-state index contributed by atoms with van der Waals surface area (Å²) in [6.07, 6.45) is -1.23. The van der Waals surface area contributed by atoms with E-state index in [1.807, 2.05) is 6.92 Å². The molecule has 0 saturated carbocycles. The van der Waals surface area contributed by atoms with Gasteiger partial charge in [0.25, 0.3) is 0 Å². The maximum atomic E-state index is 12.5. The minimum atomic E-state index is -4.16.